The van der Waals surface area contributed by atoms with E-state index in [0.29, 0.717) is 0 Å². The summed E-state index contributed by atoms with van der Waals surface area (Å²) in [6, 6.07) is 8.19. The molecule has 0 spiro atoms. The summed E-state index contributed by atoms with van der Waals surface area (Å²) < 4.78 is 0. The number of nitrogens with zero attached hydrogens (tertiary/aromatic N) is 2. The highest BCUT2D eigenvalue weighted by molar-refractivity contribution is 7.17. The quantitative estimate of drug-likeness (QED) is 0.658. The highest BCUT2D eigenvalue weighted by atomic mass is 32.1. The van der Waals surface area contributed by atoms with Crippen molar-refractivity contribution >= 4 is 22.9 Å². The van der Waals surface area contributed by atoms with Crippen LogP contribution in [0.15, 0.2) is 24.3 Å². The van der Waals surface area contributed by atoms with E-state index in [1.165, 1.54) is 11.3 Å². The second kappa shape index (κ2) is 4.78. The number of thiazole rings is 1. The van der Waals surface area contributed by atoms with Gasteiger partial charge in [0, 0.05) is 25.3 Å². The maximum atomic E-state index is 7.48. The van der Waals surface area contributed by atoms with Gasteiger partial charge in [0.25, 0.3) is 0 Å². The van der Waals surface area contributed by atoms with Crippen molar-refractivity contribution < 1.29 is 0 Å². The van der Waals surface area contributed by atoms with Gasteiger partial charge in [-0.25, -0.2) is 4.98 Å². The van der Waals surface area contributed by atoms with E-state index < -0.39 is 0 Å². The molecule has 0 radical (unpaired) electrons. The third-order valence-electron chi connectivity index (χ3n) is 2.67. The lowest BCUT2D eigenvalue weighted by molar-refractivity contribution is 1.13. The zero-order chi connectivity index (χ0) is 13.3. The molecule has 0 bridgehead atoms. The summed E-state index contributed by atoms with van der Waals surface area (Å²) in [5.74, 6) is 0.0844. The van der Waals surface area contributed by atoms with Gasteiger partial charge in [0.15, 0.2) is 0 Å². The Labute approximate surface area is 111 Å². The molecule has 4 nitrogen and oxygen atoms in total. The van der Waals surface area contributed by atoms with Crippen LogP contribution in [0.2, 0.25) is 0 Å². The molecule has 0 fully saturated rings. The van der Waals surface area contributed by atoms with Crippen LogP contribution in [0.3, 0.4) is 0 Å². The molecule has 1 aromatic carbocycles. The summed E-state index contributed by atoms with van der Waals surface area (Å²) in [6.07, 6.45) is 0. The highest BCUT2D eigenvalue weighted by Crippen LogP contribution is 2.28. The fourth-order valence-electron chi connectivity index (χ4n) is 1.67. The van der Waals surface area contributed by atoms with Crippen LogP contribution in [0.5, 0.6) is 0 Å². The van der Waals surface area contributed by atoms with Crippen molar-refractivity contribution in [3.05, 3.63) is 34.8 Å². The van der Waals surface area contributed by atoms with E-state index in [2.05, 4.69) is 22.0 Å². The van der Waals surface area contributed by atoms with E-state index in [9.17, 15) is 0 Å². The van der Waals surface area contributed by atoms with E-state index in [1.807, 2.05) is 33.2 Å². The van der Waals surface area contributed by atoms with Crippen molar-refractivity contribution in [3.8, 4) is 10.6 Å². The van der Waals surface area contributed by atoms with Crippen LogP contribution in [0.1, 0.15) is 10.6 Å². The van der Waals surface area contributed by atoms with Gasteiger partial charge in [-0.05, 0) is 31.2 Å². The van der Waals surface area contributed by atoms with Crippen molar-refractivity contribution in [1.29, 1.82) is 5.41 Å². The first kappa shape index (κ1) is 12.6. The minimum atomic E-state index is 0.0844. The Kier molecular flexibility index (Phi) is 3.34. The van der Waals surface area contributed by atoms with Gasteiger partial charge in [-0.15, -0.1) is 11.3 Å². The summed E-state index contributed by atoms with van der Waals surface area (Å²) in [5, 5.41) is 8.39. The van der Waals surface area contributed by atoms with E-state index in [4.69, 9.17) is 11.1 Å². The van der Waals surface area contributed by atoms with Crippen molar-refractivity contribution in [3.63, 3.8) is 0 Å². The van der Waals surface area contributed by atoms with Gasteiger partial charge in [-0.3, -0.25) is 5.41 Å². The molecule has 5 heteroatoms. The monoisotopic (exact) mass is 260 g/mol. The van der Waals surface area contributed by atoms with Crippen LogP contribution >= 0.6 is 11.3 Å². The maximum absolute atomic E-state index is 7.48. The Morgan fingerprint density at radius 3 is 2.33 bits per heavy atom. The highest BCUT2D eigenvalue weighted by Gasteiger charge is 2.11. The molecule has 0 unspecified atom stereocenters. The summed E-state index contributed by atoms with van der Waals surface area (Å²) >= 11 is 1.46. The predicted octanol–water partition coefficient (Wildman–Crippen LogP) is 2.47. The first-order chi connectivity index (χ1) is 8.49. The molecule has 1 heterocycles. The van der Waals surface area contributed by atoms with Crippen LogP contribution in [-0.2, 0) is 0 Å². The van der Waals surface area contributed by atoms with Crippen molar-refractivity contribution in [2.45, 2.75) is 6.92 Å². The Morgan fingerprint density at radius 2 is 1.89 bits per heavy atom. The van der Waals surface area contributed by atoms with E-state index in [1.54, 1.807) is 0 Å². The molecule has 3 N–H and O–H groups in total. The van der Waals surface area contributed by atoms with Crippen LogP contribution in [-0.4, -0.2) is 24.9 Å². The van der Waals surface area contributed by atoms with E-state index in [0.717, 1.165) is 26.8 Å². The van der Waals surface area contributed by atoms with Crippen molar-refractivity contribution in [2.75, 3.05) is 19.0 Å². The van der Waals surface area contributed by atoms with Gasteiger partial charge < -0.3 is 10.6 Å². The molecule has 18 heavy (non-hydrogen) atoms. The second-order valence-electron chi connectivity index (χ2n) is 4.29. The van der Waals surface area contributed by atoms with Crippen LogP contribution in [0.4, 0.5) is 5.69 Å². The van der Waals surface area contributed by atoms with Gasteiger partial charge in [0.1, 0.15) is 10.8 Å². The Morgan fingerprint density at radius 1 is 1.28 bits per heavy atom. The zero-order valence-electron chi connectivity index (χ0n) is 10.7. The number of aryl methyl sites for hydroxylation is 1. The molecule has 2 rings (SSSR count). The van der Waals surface area contributed by atoms with Gasteiger partial charge in [-0.2, -0.15) is 0 Å². The molecular formula is C13H16N4S. The lowest BCUT2D eigenvalue weighted by atomic mass is 10.2. The molecule has 0 saturated heterocycles. The number of anilines is 1. The summed E-state index contributed by atoms with van der Waals surface area (Å²) in [4.78, 5) is 7.27. The van der Waals surface area contributed by atoms with Gasteiger partial charge in [0.2, 0.25) is 0 Å². The lowest BCUT2D eigenvalue weighted by Gasteiger charge is -2.11. The van der Waals surface area contributed by atoms with E-state index >= 15 is 0 Å². The molecule has 0 aliphatic heterocycles. The zero-order valence-corrected chi connectivity index (χ0v) is 11.5. The molecule has 0 amide bonds. The van der Waals surface area contributed by atoms with Crippen LogP contribution < -0.4 is 10.6 Å². The third-order valence-corrected chi connectivity index (χ3v) is 3.91. The average molecular weight is 260 g/mol. The maximum Gasteiger partial charge on any atom is 0.135 e. The minimum absolute atomic E-state index is 0.0844. The predicted molar refractivity (Wildman–Crippen MR) is 77.6 cm³/mol. The SMILES string of the molecule is Cc1nc(-c2ccc(N(C)C)cc2)sc1C(=N)N. The van der Waals surface area contributed by atoms with E-state index in [-0.39, 0.29) is 5.84 Å². The number of nitrogens with one attached hydrogen (secondary N) is 1. The second-order valence-corrected chi connectivity index (χ2v) is 5.29. The van der Waals surface area contributed by atoms with Gasteiger partial charge >= 0.3 is 0 Å². The fourth-order valence-corrected chi connectivity index (χ4v) is 2.61. The molecule has 0 atom stereocenters. The molecule has 1 aromatic heterocycles. The summed E-state index contributed by atoms with van der Waals surface area (Å²) in [5.41, 5.74) is 8.54. The number of benzene rings is 1. The number of amidine groups is 1. The number of nitrogen functional groups attached to an aromatic ring is 1. The Bertz CT molecular complexity index is 569. The Balaban J connectivity index is 2.37. The number of nitrogens with two attached hydrogens (primary N) is 1. The smallest absolute Gasteiger partial charge is 0.135 e. The van der Waals surface area contributed by atoms with Crippen molar-refractivity contribution in [2.24, 2.45) is 5.73 Å². The summed E-state index contributed by atoms with van der Waals surface area (Å²) in [7, 11) is 4.02. The standard InChI is InChI=1S/C13H16N4S/c1-8-11(12(14)15)18-13(16-8)9-4-6-10(7-5-9)17(2)3/h4-7H,1-3H3,(H3,14,15). The number of aromatic nitrogens is 1. The van der Waals surface area contributed by atoms with Crippen LogP contribution in [0, 0.1) is 12.3 Å². The minimum Gasteiger partial charge on any atom is -0.383 e. The average Bonchev–Trinajstić information content (AvgIpc) is 2.71. The molecule has 2 aromatic rings. The number of rotatable bonds is 3. The number of hydrogen-bond donors (Lipinski definition) is 2. The Hall–Kier alpha value is -1.88. The molecular weight excluding hydrogens is 244 g/mol. The first-order valence-corrected chi connectivity index (χ1v) is 6.40. The number of hydrogen-bond acceptors (Lipinski definition) is 4. The van der Waals surface area contributed by atoms with Gasteiger partial charge in [0.05, 0.1) is 10.6 Å². The lowest BCUT2D eigenvalue weighted by Crippen LogP contribution is -2.10. The molecule has 0 aliphatic rings. The normalized spacial score (nSPS) is 10.4. The fraction of sp³-hybridized carbons (Fsp3) is 0.231. The summed E-state index contributed by atoms with van der Waals surface area (Å²) in [6.45, 7) is 1.88. The molecule has 94 valence electrons. The third kappa shape index (κ3) is 2.36. The topological polar surface area (TPSA) is 66.0 Å². The molecule has 0 saturated carbocycles. The largest absolute Gasteiger partial charge is 0.383 e. The van der Waals surface area contributed by atoms with Crippen LogP contribution in [0.25, 0.3) is 10.6 Å². The van der Waals surface area contributed by atoms with Crippen molar-refractivity contribution in [1.82, 2.24) is 4.98 Å². The molecule has 0 aliphatic carbocycles. The van der Waals surface area contributed by atoms with Gasteiger partial charge in [-0.1, -0.05) is 0 Å². The first-order valence-electron chi connectivity index (χ1n) is 5.58.